The molecule has 2 nitrogen and oxygen atoms in total. The topological polar surface area (TPSA) is 6.48 Å². The van der Waals surface area contributed by atoms with Crippen LogP contribution in [-0.4, -0.2) is 26.0 Å². The number of hydrogen-bond donors (Lipinski definition) is 0. The fourth-order valence-corrected chi connectivity index (χ4v) is 4.81. The molecule has 0 saturated heterocycles. The standard InChI is InChI=1S/C20H26N2/c1-13-17-11-20(13,2)19-7-6-14(21(3)4)10-16(19)18-12-22(5)9-8-15(17)18/h6-10,12-13,15,17H,11H2,1-5H3/t13?,15-,17+,20?/m1/s1. The van der Waals surface area contributed by atoms with Crippen LogP contribution in [0.2, 0.25) is 0 Å². The van der Waals surface area contributed by atoms with Crippen LogP contribution in [-0.2, 0) is 5.41 Å². The lowest BCUT2D eigenvalue weighted by Crippen LogP contribution is -2.49. The monoisotopic (exact) mass is 294 g/mol. The Labute approximate surface area is 134 Å². The van der Waals surface area contributed by atoms with E-state index in [1.165, 1.54) is 23.2 Å². The molecule has 1 saturated carbocycles. The maximum Gasteiger partial charge on any atom is 0.0367 e. The lowest BCUT2D eigenvalue weighted by atomic mass is 9.51. The zero-order valence-electron chi connectivity index (χ0n) is 14.3. The molecule has 0 aromatic heterocycles. The molecule has 5 rings (SSSR count). The van der Waals surface area contributed by atoms with Crippen LogP contribution in [0.1, 0.15) is 31.4 Å². The highest BCUT2D eigenvalue weighted by Crippen LogP contribution is 2.62. The SMILES string of the molecule is CC1[C@@H]2CC1(C)c1ccc(N(C)C)cc1C1=CN(C)C=C[C@@H]12. The summed E-state index contributed by atoms with van der Waals surface area (Å²) in [5, 5.41) is 0. The van der Waals surface area contributed by atoms with Gasteiger partial charge in [0.1, 0.15) is 0 Å². The van der Waals surface area contributed by atoms with Crippen molar-refractivity contribution in [3.8, 4) is 0 Å². The van der Waals surface area contributed by atoms with Crippen LogP contribution in [0, 0.1) is 17.8 Å². The molecule has 116 valence electrons. The maximum absolute atomic E-state index is 2.47. The summed E-state index contributed by atoms with van der Waals surface area (Å²) in [4.78, 5) is 4.41. The maximum atomic E-state index is 2.47. The molecule has 0 radical (unpaired) electrons. The van der Waals surface area contributed by atoms with Crippen LogP contribution in [0.25, 0.3) is 5.57 Å². The first-order chi connectivity index (χ1) is 10.4. The van der Waals surface area contributed by atoms with Crippen molar-refractivity contribution < 1.29 is 0 Å². The first-order valence-corrected chi connectivity index (χ1v) is 8.36. The summed E-state index contributed by atoms with van der Waals surface area (Å²) < 4.78 is 0. The molecule has 0 amide bonds. The summed E-state index contributed by atoms with van der Waals surface area (Å²) in [5.41, 5.74) is 6.18. The van der Waals surface area contributed by atoms with Gasteiger partial charge in [-0.05, 0) is 58.7 Å². The van der Waals surface area contributed by atoms with E-state index in [2.05, 4.69) is 81.5 Å². The highest BCUT2D eigenvalue weighted by Gasteiger charge is 2.55. The third-order valence-electron chi connectivity index (χ3n) is 6.44. The molecule has 3 aliphatic carbocycles. The quantitative estimate of drug-likeness (QED) is 0.769. The molecular weight excluding hydrogens is 268 g/mol. The number of benzene rings is 1. The number of allylic oxidation sites excluding steroid dienone is 2. The zero-order chi connectivity index (χ0) is 15.6. The van der Waals surface area contributed by atoms with Crippen LogP contribution in [0.3, 0.4) is 0 Å². The normalized spacial score (nSPS) is 35.0. The summed E-state index contributed by atoms with van der Waals surface area (Å²) in [7, 11) is 6.39. The van der Waals surface area contributed by atoms with E-state index in [4.69, 9.17) is 0 Å². The first kappa shape index (κ1) is 13.9. The minimum atomic E-state index is 0.343. The molecule has 1 aromatic carbocycles. The minimum absolute atomic E-state index is 0.343. The smallest absolute Gasteiger partial charge is 0.0367 e. The summed E-state index contributed by atoms with van der Waals surface area (Å²) in [5.74, 6) is 2.12. The van der Waals surface area contributed by atoms with E-state index >= 15 is 0 Å². The van der Waals surface area contributed by atoms with Gasteiger partial charge in [0.2, 0.25) is 0 Å². The van der Waals surface area contributed by atoms with Crippen LogP contribution >= 0.6 is 0 Å². The van der Waals surface area contributed by atoms with E-state index in [1.54, 1.807) is 5.56 Å². The summed E-state index contributed by atoms with van der Waals surface area (Å²) in [6.07, 6.45) is 8.32. The van der Waals surface area contributed by atoms with Gasteiger partial charge in [0.05, 0.1) is 0 Å². The van der Waals surface area contributed by atoms with Gasteiger partial charge in [0.15, 0.2) is 0 Å². The summed E-state index contributed by atoms with van der Waals surface area (Å²) >= 11 is 0. The highest BCUT2D eigenvalue weighted by molar-refractivity contribution is 5.78. The average Bonchev–Trinajstić information content (AvgIpc) is 2.66. The van der Waals surface area contributed by atoms with Crippen molar-refractivity contribution in [2.75, 3.05) is 26.0 Å². The Balaban J connectivity index is 1.96. The number of rotatable bonds is 1. The molecule has 1 aliphatic heterocycles. The largest absolute Gasteiger partial charge is 0.378 e. The predicted molar refractivity (Wildman–Crippen MR) is 93.8 cm³/mol. The molecule has 4 atom stereocenters. The van der Waals surface area contributed by atoms with Gasteiger partial charge in [-0.2, -0.15) is 0 Å². The van der Waals surface area contributed by atoms with Crippen molar-refractivity contribution in [3.05, 3.63) is 47.8 Å². The van der Waals surface area contributed by atoms with Crippen molar-refractivity contribution in [3.63, 3.8) is 0 Å². The molecule has 1 aromatic rings. The summed E-state index contributed by atoms with van der Waals surface area (Å²) in [6, 6.07) is 7.08. The van der Waals surface area contributed by atoms with Crippen LogP contribution < -0.4 is 4.90 Å². The highest BCUT2D eigenvalue weighted by atomic mass is 15.1. The predicted octanol–water partition coefficient (Wildman–Crippen LogP) is 4.10. The molecule has 2 unspecified atom stereocenters. The molecule has 2 bridgehead atoms. The van der Waals surface area contributed by atoms with Gasteiger partial charge < -0.3 is 9.80 Å². The van der Waals surface area contributed by atoms with Crippen LogP contribution in [0.5, 0.6) is 0 Å². The molecule has 22 heavy (non-hydrogen) atoms. The van der Waals surface area contributed by atoms with E-state index in [9.17, 15) is 0 Å². The van der Waals surface area contributed by atoms with Crippen molar-refractivity contribution in [1.82, 2.24) is 4.90 Å². The Morgan fingerprint density at radius 1 is 1.27 bits per heavy atom. The van der Waals surface area contributed by atoms with Gasteiger partial charge in [0, 0.05) is 38.9 Å². The van der Waals surface area contributed by atoms with Gasteiger partial charge in [-0.25, -0.2) is 0 Å². The van der Waals surface area contributed by atoms with Gasteiger partial charge in [0.25, 0.3) is 0 Å². The Bertz CT molecular complexity index is 685. The third-order valence-corrected chi connectivity index (χ3v) is 6.44. The fraction of sp³-hybridized carbons (Fsp3) is 0.500. The Morgan fingerprint density at radius 2 is 2.05 bits per heavy atom. The van der Waals surface area contributed by atoms with Crippen molar-refractivity contribution in [2.45, 2.75) is 25.7 Å². The molecule has 4 aliphatic rings. The minimum Gasteiger partial charge on any atom is -0.378 e. The van der Waals surface area contributed by atoms with E-state index in [0.717, 1.165) is 11.8 Å². The molecule has 1 fully saturated rings. The number of anilines is 1. The Kier molecular flexibility index (Phi) is 2.79. The summed E-state index contributed by atoms with van der Waals surface area (Å²) in [6.45, 7) is 4.92. The zero-order valence-corrected chi connectivity index (χ0v) is 14.3. The Hall–Kier alpha value is -1.70. The van der Waals surface area contributed by atoms with Gasteiger partial charge in [-0.3, -0.25) is 0 Å². The first-order valence-electron chi connectivity index (χ1n) is 8.36. The average molecular weight is 294 g/mol. The second-order valence-corrected chi connectivity index (χ2v) is 7.82. The van der Waals surface area contributed by atoms with E-state index < -0.39 is 0 Å². The number of nitrogens with zero attached hydrogens (tertiary/aromatic N) is 2. The van der Waals surface area contributed by atoms with Crippen LogP contribution in [0.15, 0.2) is 36.7 Å². The molecule has 0 spiro atoms. The van der Waals surface area contributed by atoms with E-state index in [1.807, 2.05) is 0 Å². The van der Waals surface area contributed by atoms with Crippen molar-refractivity contribution in [2.24, 2.45) is 17.8 Å². The van der Waals surface area contributed by atoms with Gasteiger partial charge >= 0.3 is 0 Å². The number of hydrogen-bond acceptors (Lipinski definition) is 2. The molecule has 2 heteroatoms. The molecule has 1 heterocycles. The van der Waals surface area contributed by atoms with Gasteiger partial charge in [-0.1, -0.05) is 26.0 Å². The van der Waals surface area contributed by atoms with Crippen molar-refractivity contribution in [1.29, 1.82) is 0 Å². The second-order valence-electron chi connectivity index (χ2n) is 7.82. The fourth-order valence-electron chi connectivity index (χ4n) is 4.81. The molecular formula is C20H26N2. The van der Waals surface area contributed by atoms with E-state index in [0.29, 0.717) is 11.3 Å². The Morgan fingerprint density at radius 3 is 2.73 bits per heavy atom. The van der Waals surface area contributed by atoms with Crippen molar-refractivity contribution >= 4 is 11.3 Å². The molecule has 0 N–H and O–H groups in total. The third kappa shape index (κ3) is 1.67. The second kappa shape index (κ2) is 4.41. The van der Waals surface area contributed by atoms with Gasteiger partial charge in [-0.15, -0.1) is 0 Å². The van der Waals surface area contributed by atoms with E-state index in [-0.39, 0.29) is 0 Å². The lowest BCUT2D eigenvalue weighted by Gasteiger charge is -2.53. The van der Waals surface area contributed by atoms with Crippen LogP contribution in [0.4, 0.5) is 5.69 Å². The lowest BCUT2D eigenvalue weighted by molar-refractivity contribution is 0.0478.